The Bertz CT molecular complexity index is 699. The quantitative estimate of drug-likeness (QED) is 0.814. The third kappa shape index (κ3) is 4.92. The van der Waals surface area contributed by atoms with Gasteiger partial charge in [-0.25, -0.2) is 0 Å². The van der Waals surface area contributed by atoms with Crippen LogP contribution < -0.4 is 4.74 Å². The maximum absolute atomic E-state index is 10.3. The first-order valence-corrected chi connectivity index (χ1v) is 8.72. The molecule has 1 aliphatic rings. The highest BCUT2D eigenvalue weighted by molar-refractivity contribution is 5.66. The van der Waals surface area contributed by atoms with E-state index in [0.717, 1.165) is 25.1 Å². The van der Waals surface area contributed by atoms with Gasteiger partial charge in [-0.2, -0.15) is 0 Å². The SMILES string of the molecule is OCc1ccccc1OCC(O)CN1CC=C(c2ccccc2)CC1. The molecule has 132 valence electrons. The highest BCUT2D eigenvalue weighted by Crippen LogP contribution is 2.22. The number of benzene rings is 2. The smallest absolute Gasteiger partial charge is 0.124 e. The van der Waals surface area contributed by atoms with Crippen molar-refractivity contribution in [3.05, 3.63) is 71.8 Å². The molecular formula is C21H25NO3. The number of β-amino-alcohol motifs (C(OH)–C–C–N with tert-alkyl or cyclic N) is 1. The predicted octanol–water partition coefficient (Wildman–Crippen LogP) is 2.71. The summed E-state index contributed by atoms with van der Waals surface area (Å²) < 4.78 is 5.67. The normalized spacial score (nSPS) is 16.3. The van der Waals surface area contributed by atoms with Gasteiger partial charge in [0.25, 0.3) is 0 Å². The van der Waals surface area contributed by atoms with Crippen LogP contribution in [-0.4, -0.2) is 47.5 Å². The van der Waals surface area contributed by atoms with E-state index in [1.807, 2.05) is 30.3 Å². The number of para-hydroxylation sites is 1. The Balaban J connectivity index is 1.48. The summed E-state index contributed by atoms with van der Waals surface area (Å²) in [6.45, 7) is 2.52. The Morgan fingerprint density at radius 3 is 2.52 bits per heavy atom. The Labute approximate surface area is 149 Å². The lowest BCUT2D eigenvalue weighted by Crippen LogP contribution is -2.38. The maximum Gasteiger partial charge on any atom is 0.124 e. The van der Waals surface area contributed by atoms with Crippen molar-refractivity contribution in [1.29, 1.82) is 0 Å². The highest BCUT2D eigenvalue weighted by atomic mass is 16.5. The van der Waals surface area contributed by atoms with Gasteiger partial charge in [-0.15, -0.1) is 0 Å². The number of aliphatic hydroxyl groups is 2. The van der Waals surface area contributed by atoms with E-state index in [9.17, 15) is 10.2 Å². The molecule has 0 spiro atoms. The lowest BCUT2D eigenvalue weighted by Gasteiger charge is -2.28. The average Bonchev–Trinajstić information content (AvgIpc) is 2.68. The van der Waals surface area contributed by atoms with Gasteiger partial charge in [0.2, 0.25) is 0 Å². The van der Waals surface area contributed by atoms with Crippen molar-refractivity contribution in [2.45, 2.75) is 19.1 Å². The average molecular weight is 339 g/mol. The fraction of sp³-hybridized carbons (Fsp3) is 0.333. The summed E-state index contributed by atoms with van der Waals surface area (Å²) in [6, 6.07) is 17.8. The van der Waals surface area contributed by atoms with E-state index in [2.05, 4.69) is 35.2 Å². The molecular weight excluding hydrogens is 314 g/mol. The molecule has 3 rings (SSSR count). The summed E-state index contributed by atoms with van der Waals surface area (Å²) >= 11 is 0. The highest BCUT2D eigenvalue weighted by Gasteiger charge is 2.17. The topological polar surface area (TPSA) is 52.9 Å². The molecule has 0 bridgehead atoms. The van der Waals surface area contributed by atoms with Crippen LogP contribution in [0.5, 0.6) is 5.75 Å². The summed E-state index contributed by atoms with van der Waals surface area (Å²) in [5.74, 6) is 0.633. The van der Waals surface area contributed by atoms with Crippen LogP contribution in [0.25, 0.3) is 5.57 Å². The van der Waals surface area contributed by atoms with Gasteiger partial charge in [-0.3, -0.25) is 4.90 Å². The predicted molar refractivity (Wildman–Crippen MR) is 99.3 cm³/mol. The van der Waals surface area contributed by atoms with Gasteiger partial charge >= 0.3 is 0 Å². The second-order valence-corrected chi connectivity index (χ2v) is 6.34. The van der Waals surface area contributed by atoms with Gasteiger partial charge < -0.3 is 14.9 Å². The van der Waals surface area contributed by atoms with Crippen LogP contribution in [0.4, 0.5) is 0 Å². The second kappa shape index (κ2) is 8.81. The van der Waals surface area contributed by atoms with Crippen LogP contribution in [-0.2, 0) is 6.61 Å². The Kier molecular flexibility index (Phi) is 6.23. The van der Waals surface area contributed by atoms with Crippen LogP contribution in [0, 0.1) is 0 Å². The van der Waals surface area contributed by atoms with E-state index in [4.69, 9.17) is 4.74 Å². The number of rotatable bonds is 7. The Hall–Kier alpha value is -2.14. The molecule has 1 heterocycles. The lowest BCUT2D eigenvalue weighted by molar-refractivity contribution is 0.0707. The maximum atomic E-state index is 10.3. The van der Waals surface area contributed by atoms with Gasteiger partial charge in [-0.1, -0.05) is 54.6 Å². The minimum atomic E-state index is -0.557. The van der Waals surface area contributed by atoms with E-state index in [1.165, 1.54) is 11.1 Å². The largest absolute Gasteiger partial charge is 0.490 e. The van der Waals surface area contributed by atoms with Crippen molar-refractivity contribution in [2.75, 3.05) is 26.2 Å². The molecule has 4 nitrogen and oxygen atoms in total. The lowest BCUT2D eigenvalue weighted by atomic mass is 9.99. The zero-order chi connectivity index (χ0) is 17.5. The molecule has 2 aromatic rings. The van der Waals surface area contributed by atoms with Gasteiger partial charge in [0.1, 0.15) is 18.5 Å². The first kappa shape index (κ1) is 17.7. The molecule has 25 heavy (non-hydrogen) atoms. The Morgan fingerprint density at radius 2 is 1.80 bits per heavy atom. The van der Waals surface area contributed by atoms with Crippen molar-refractivity contribution in [1.82, 2.24) is 4.90 Å². The fourth-order valence-corrected chi connectivity index (χ4v) is 3.10. The molecule has 1 unspecified atom stereocenters. The van der Waals surface area contributed by atoms with Crippen LogP contribution in [0.15, 0.2) is 60.7 Å². The third-order valence-electron chi connectivity index (χ3n) is 4.48. The van der Waals surface area contributed by atoms with Crippen molar-refractivity contribution in [3.63, 3.8) is 0 Å². The van der Waals surface area contributed by atoms with Crippen molar-refractivity contribution < 1.29 is 14.9 Å². The fourth-order valence-electron chi connectivity index (χ4n) is 3.10. The van der Waals surface area contributed by atoms with E-state index in [-0.39, 0.29) is 13.2 Å². The van der Waals surface area contributed by atoms with Crippen LogP contribution in [0.2, 0.25) is 0 Å². The van der Waals surface area contributed by atoms with E-state index in [1.54, 1.807) is 0 Å². The number of hydrogen-bond acceptors (Lipinski definition) is 4. The van der Waals surface area contributed by atoms with E-state index < -0.39 is 6.10 Å². The molecule has 0 fully saturated rings. The standard InChI is InChI=1S/C21H25NO3/c23-15-19-8-4-5-9-21(19)25-16-20(24)14-22-12-10-18(11-13-22)17-6-2-1-3-7-17/h1-10,20,23-24H,11-16H2. The van der Waals surface area contributed by atoms with E-state index in [0.29, 0.717) is 12.3 Å². The minimum Gasteiger partial charge on any atom is -0.490 e. The summed E-state index contributed by atoms with van der Waals surface area (Å²) in [6.07, 6.45) is 2.68. The molecule has 1 aliphatic heterocycles. The van der Waals surface area contributed by atoms with Gasteiger partial charge in [0.05, 0.1) is 6.61 Å². The molecule has 0 amide bonds. The van der Waals surface area contributed by atoms with Gasteiger partial charge in [0.15, 0.2) is 0 Å². The molecule has 1 atom stereocenters. The monoisotopic (exact) mass is 339 g/mol. The molecule has 4 heteroatoms. The summed E-state index contributed by atoms with van der Waals surface area (Å²) in [7, 11) is 0. The molecule has 2 aromatic carbocycles. The first-order chi connectivity index (χ1) is 12.3. The van der Waals surface area contributed by atoms with Crippen LogP contribution in [0.3, 0.4) is 0 Å². The molecule has 2 N–H and O–H groups in total. The van der Waals surface area contributed by atoms with Gasteiger partial charge in [0, 0.05) is 25.2 Å². The molecule has 0 saturated heterocycles. The zero-order valence-corrected chi connectivity index (χ0v) is 14.3. The zero-order valence-electron chi connectivity index (χ0n) is 14.3. The molecule has 0 radical (unpaired) electrons. The summed E-state index contributed by atoms with van der Waals surface area (Å²) in [5.41, 5.74) is 3.40. The second-order valence-electron chi connectivity index (χ2n) is 6.34. The third-order valence-corrected chi connectivity index (χ3v) is 4.48. The number of nitrogens with zero attached hydrogens (tertiary/aromatic N) is 1. The number of aliphatic hydroxyl groups excluding tert-OH is 2. The van der Waals surface area contributed by atoms with Crippen molar-refractivity contribution in [3.8, 4) is 5.75 Å². The Morgan fingerprint density at radius 1 is 1.04 bits per heavy atom. The summed E-state index contributed by atoms with van der Waals surface area (Å²) in [5, 5.41) is 19.6. The van der Waals surface area contributed by atoms with Crippen molar-refractivity contribution in [2.24, 2.45) is 0 Å². The van der Waals surface area contributed by atoms with Crippen LogP contribution in [0.1, 0.15) is 17.5 Å². The van der Waals surface area contributed by atoms with E-state index >= 15 is 0 Å². The first-order valence-electron chi connectivity index (χ1n) is 8.72. The minimum absolute atomic E-state index is 0.0640. The van der Waals surface area contributed by atoms with Gasteiger partial charge in [-0.05, 0) is 23.6 Å². The van der Waals surface area contributed by atoms with Crippen molar-refractivity contribution >= 4 is 5.57 Å². The molecule has 0 aliphatic carbocycles. The number of ether oxygens (including phenoxy) is 1. The van der Waals surface area contributed by atoms with Crippen LogP contribution >= 0.6 is 0 Å². The summed E-state index contributed by atoms with van der Waals surface area (Å²) in [4.78, 5) is 2.23. The molecule has 0 aromatic heterocycles. The molecule has 0 saturated carbocycles. The number of hydrogen-bond donors (Lipinski definition) is 2.